The van der Waals surface area contributed by atoms with E-state index in [0.717, 1.165) is 60.8 Å². The van der Waals surface area contributed by atoms with E-state index < -0.39 is 11.7 Å². The summed E-state index contributed by atoms with van der Waals surface area (Å²) in [5, 5.41) is 1.11. The number of likely N-dealkylation sites (tertiary alicyclic amines) is 1. The summed E-state index contributed by atoms with van der Waals surface area (Å²) >= 11 is 0. The highest BCUT2D eigenvalue weighted by atomic mass is 19.4. The molecular formula is C30H32F3N3O2. The highest BCUT2D eigenvalue weighted by molar-refractivity contribution is 6.15. The van der Waals surface area contributed by atoms with E-state index in [-0.39, 0.29) is 0 Å². The molecule has 200 valence electrons. The van der Waals surface area contributed by atoms with E-state index in [1.54, 1.807) is 0 Å². The number of pyridine rings is 1. The minimum Gasteiger partial charge on any atom is -0.491 e. The molecule has 0 spiro atoms. The van der Waals surface area contributed by atoms with Crippen LogP contribution in [0.5, 0.6) is 5.75 Å². The fraction of sp³-hybridized carbons (Fsp3) is 0.333. The molecule has 2 aromatic carbocycles. The molecule has 4 aromatic rings. The zero-order chi connectivity index (χ0) is 27.4. The molecule has 1 aliphatic rings. The van der Waals surface area contributed by atoms with E-state index in [2.05, 4.69) is 28.5 Å². The van der Waals surface area contributed by atoms with Crippen molar-refractivity contribution in [1.82, 2.24) is 14.9 Å². The third kappa shape index (κ3) is 5.60. The van der Waals surface area contributed by atoms with Crippen molar-refractivity contribution in [1.29, 1.82) is 0 Å². The van der Waals surface area contributed by atoms with Crippen LogP contribution in [-0.2, 0) is 11.0 Å². The van der Waals surface area contributed by atoms with Gasteiger partial charge in [-0.1, -0.05) is 31.7 Å². The van der Waals surface area contributed by atoms with E-state index in [1.807, 2.05) is 50.1 Å². The third-order valence-electron chi connectivity index (χ3n) is 7.22. The number of ether oxygens (including phenoxy) is 1. The lowest BCUT2D eigenvalue weighted by atomic mass is 9.95. The summed E-state index contributed by atoms with van der Waals surface area (Å²) < 4.78 is 47.0. The number of allylic oxidation sites excluding steroid dienone is 1. The van der Waals surface area contributed by atoms with Crippen molar-refractivity contribution >= 4 is 34.3 Å². The molecule has 38 heavy (non-hydrogen) atoms. The topological polar surface area (TPSA) is 58.2 Å². The molecule has 1 saturated heterocycles. The number of carbonyl (C=O) groups is 1. The van der Waals surface area contributed by atoms with E-state index >= 15 is 0 Å². The largest absolute Gasteiger partial charge is 0.491 e. The molecule has 0 unspecified atom stereocenters. The number of hydrogen-bond donors (Lipinski definition) is 1. The Balaban J connectivity index is 0.00000164. The first-order chi connectivity index (χ1) is 18.2. The van der Waals surface area contributed by atoms with Crippen LogP contribution in [0.1, 0.15) is 37.3 Å². The molecule has 1 fully saturated rings. The summed E-state index contributed by atoms with van der Waals surface area (Å²) in [6.07, 6.45) is -0.660. The van der Waals surface area contributed by atoms with Crippen molar-refractivity contribution in [3.05, 3.63) is 66.4 Å². The number of carbonyl (C=O) groups excluding carboxylic acids is 1. The maximum Gasteiger partial charge on any atom is 0.417 e. The standard InChI is InChI=1S/C29H30F3N3O.CH2O/c1-4-18(2)20-6-5-7-21(14-20)23-8-9-25(36-17-19-10-12-35(3)13-11-19)27-26(23)24-15-22(29(30,31)32)16-33-28(24)34-27;1-2/h5-9,14-16,19H,2,4,10-13,17H2,1,3H3,(H,33,34);1H2. The number of rotatable bonds is 6. The van der Waals surface area contributed by atoms with Crippen LogP contribution in [0.2, 0.25) is 0 Å². The van der Waals surface area contributed by atoms with Crippen LogP contribution in [0.3, 0.4) is 0 Å². The third-order valence-corrected chi connectivity index (χ3v) is 7.22. The Hall–Kier alpha value is -3.65. The second-order valence-electron chi connectivity index (χ2n) is 9.70. The second kappa shape index (κ2) is 11.4. The van der Waals surface area contributed by atoms with Gasteiger partial charge in [-0.2, -0.15) is 13.2 Å². The molecule has 1 N–H and O–H groups in total. The lowest BCUT2D eigenvalue weighted by Crippen LogP contribution is -2.32. The first-order valence-electron chi connectivity index (χ1n) is 12.6. The molecule has 0 amide bonds. The van der Waals surface area contributed by atoms with Crippen LogP contribution < -0.4 is 4.74 Å². The fourth-order valence-electron chi connectivity index (χ4n) is 4.92. The van der Waals surface area contributed by atoms with Crippen molar-refractivity contribution in [2.45, 2.75) is 32.4 Å². The number of nitrogens with zero attached hydrogens (tertiary/aromatic N) is 2. The van der Waals surface area contributed by atoms with Crippen LogP contribution in [0.15, 0.2) is 55.2 Å². The van der Waals surface area contributed by atoms with Crippen molar-refractivity contribution < 1.29 is 22.7 Å². The van der Waals surface area contributed by atoms with E-state index in [9.17, 15) is 13.2 Å². The summed E-state index contributed by atoms with van der Waals surface area (Å²) in [5.74, 6) is 1.08. The van der Waals surface area contributed by atoms with Crippen LogP contribution in [0.25, 0.3) is 38.6 Å². The predicted molar refractivity (Wildman–Crippen MR) is 146 cm³/mol. The van der Waals surface area contributed by atoms with Gasteiger partial charge in [0.15, 0.2) is 0 Å². The molecular weight excluding hydrogens is 491 g/mol. The molecule has 2 aromatic heterocycles. The summed E-state index contributed by atoms with van der Waals surface area (Å²) in [6, 6.07) is 13.0. The molecule has 3 heterocycles. The number of halogens is 3. The van der Waals surface area contributed by atoms with Crippen molar-refractivity contribution in [3.63, 3.8) is 0 Å². The van der Waals surface area contributed by atoms with Crippen molar-refractivity contribution in [3.8, 4) is 16.9 Å². The van der Waals surface area contributed by atoms with Crippen LogP contribution >= 0.6 is 0 Å². The number of alkyl halides is 3. The van der Waals surface area contributed by atoms with Gasteiger partial charge in [0.2, 0.25) is 0 Å². The minimum atomic E-state index is -4.48. The lowest BCUT2D eigenvalue weighted by molar-refractivity contribution is -0.137. The van der Waals surface area contributed by atoms with Gasteiger partial charge in [0.05, 0.1) is 17.7 Å². The van der Waals surface area contributed by atoms with Gasteiger partial charge < -0.3 is 19.4 Å². The van der Waals surface area contributed by atoms with E-state index in [1.165, 1.54) is 6.07 Å². The minimum absolute atomic E-state index is 0.406. The number of hydrogen-bond acceptors (Lipinski definition) is 4. The summed E-state index contributed by atoms with van der Waals surface area (Å²) in [5.41, 5.74) is 4.06. The van der Waals surface area contributed by atoms with Crippen molar-refractivity contribution in [2.24, 2.45) is 5.92 Å². The highest BCUT2D eigenvalue weighted by Crippen LogP contribution is 2.41. The van der Waals surface area contributed by atoms with Crippen LogP contribution in [0, 0.1) is 5.92 Å². The zero-order valence-corrected chi connectivity index (χ0v) is 21.7. The summed E-state index contributed by atoms with van der Waals surface area (Å²) in [4.78, 5) is 17.7. The zero-order valence-electron chi connectivity index (χ0n) is 21.7. The number of piperidine rings is 1. The molecule has 0 radical (unpaired) electrons. The number of benzene rings is 2. The van der Waals surface area contributed by atoms with Crippen molar-refractivity contribution in [2.75, 3.05) is 26.7 Å². The summed E-state index contributed by atoms with van der Waals surface area (Å²) in [7, 11) is 2.12. The van der Waals surface area contributed by atoms with E-state index in [4.69, 9.17) is 9.53 Å². The maximum absolute atomic E-state index is 13.6. The molecule has 0 atom stereocenters. The molecule has 0 saturated carbocycles. The second-order valence-corrected chi connectivity index (χ2v) is 9.70. The Morgan fingerprint density at radius 2 is 1.89 bits per heavy atom. The number of nitrogens with one attached hydrogen (secondary N) is 1. The quantitative estimate of drug-likeness (QED) is 0.287. The number of aromatic amines is 1. The predicted octanol–water partition coefficient (Wildman–Crippen LogP) is 7.36. The number of H-pyrrole nitrogens is 1. The molecule has 0 aliphatic carbocycles. The number of fused-ring (bicyclic) bond motifs is 3. The molecule has 8 heteroatoms. The average molecular weight is 524 g/mol. The fourth-order valence-corrected chi connectivity index (χ4v) is 4.92. The van der Waals surface area contributed by atoms with Gasteiger partial charge in [-0.3, -0.25) is 0 Å². The maximum atomic E-state index is 13.6. The molecule has 0 bridgehead atoms. The van der Waals surface area contributed by atoms with Gasteiger partial charge in [0.1, 0.15) is 18.2 Å². The Bertz CT molecular complexity index is 1440. The Morgan fingerprint density at radius 1 is 1.16 bits per heavy atom. The molecule has 5 nitrogen and oxygen atoms in total. The van der Waals surface area contributed by atoms with Crippen LogP contribution in [-0.4, -0.2) is 48.4 Å². The first kappa shape index (κ1) is 27.4. The summed E-state index contributed by atoms with van der Waals surface area (Å²) in [6.45, 7) is 10.8. The van der Waals surface area contributed by atoms with E-state index in [0.29, 0.717) is 40.2 Å². The van der Waals surface area contributed by atoms with Gasteiger partial charge in [-0.05, 0) is 91.8 Å². The van der Waals surface area contributed by atoms with Gasteiger partial charge in [0, 0.05) is 17.0 Å². The smallest absolute Gasteiger partial charge is 0.417 e. The molecule has 1 aliphatic heterocycles. The Morgan fingerprint density at radius 3 is 2.58 bits per heavy atom. The Labute approximate surface area is 220 Å². The monoisotopic (exact) mass is 523 g/mol. The van der Waals surface area contributed by atoms with Crippen LogP contribution in [0.4, 0.5) is 13.2 Å². The average Bonchev–Trinajstić information content (AvgIpc) is 3.32. The van der Waals surface area contributed by atoms with Gasteiger partial charge in [-0.25, -0.2) is 4.98 Å². The SMILES string of the molecule is C=C(CC)c1cccc(-c2ccc(OCC3CCN(C)CC3)c3[nH]c4ncc(C(F)(F)F)cc4c23)c1.C=O. The highest BCUT2D eigenvalue weighted by Gasteiger charge is 2.32. The number of aromatic nitrogens is 2. The molecule has 5 rings (SSSR count). The van der Waals surface area contributed by atoms with Gasteiger partial charge in [0.25, 0.3) is 0 Å². The normalized spacial score (nSPS) is 14.9. The lowest BCUT2D eigenvalue weighted by Gasteiger charge is -2.28. The first-order valence-corrected chi connectivity index (χ1v) is 12.6. The Kier molecular flexibility index (Phi) is 8.21. The van der Waals surface area contributed by atoms with Gasteiger partial charge in [-0.15, -0.1) is 0 Å². The van der Waals surface area contributed by atoms with Gasteiger partial charge >= 0.3 is 6.18 Å².